The smallest absolute Gasteiger partial charge is 0.254 e. The van der Waals surface area contributed by atoms with E-state index in [2.05, 4.69) is 26.1 Å². The molecule has 0 bridgehead atoms. The van der Waals surface area contributed by atoms with Crippen LogP contribution in [0.3, 0.4) is 0 Å². The van der Waals surface area contributed by atoms with Gasteiger partial charge in [-0.15, -0.1) is 0 Å². The van der Waals surface area contributed by atoms with Crippen molar-refractivity contribution in [2.45, 2.75) is 38.3 Å². The number of hydrogen-bond donors (Lipinski definition) is 2. The van der Waals surface area contributed by atoms with Crippen LogP contribution in [-0.2, 0) is 5.41 Å². The molecule has 1 fully saturated rings. The van der Waals surface area contributed by atoms with E-state index in [1.165, 1.54) is 0 Å². The first-order valence-electron chi connectivity index (χ1n) is 7.08. The molecular weight excluding hydrogens is 252 g/mol. The Balaban J connectivity index is 2.30. The summed E-state index contributed by atoms with van der Waals surface area (Å²) in [5, 5.41) is 13.0. The molecule has 1 heterocycles. The summed E-state index contributed by atoms with van der Waals surface area (Å²) in [5.74, 6) is -0.0247. The molecule has 1 aromatic rings. The average molecular weight is 276 g/mol. The summed E-state index contributed by atoms with van der Waals surface area (Å²) in [6, 6.07) is 7.57. The number of nitrogens with zero attached hydrogens (tertiary/aromatic N) is 1. The number of aliphatic hydroxyl groups excluding tert-OH is 1. The number of β-amino-alcohol motifs (C(OH)–C–C–N with tert-alkyl or cyclic N) is 1. The molecule has 4 heteroatoms. The van der Waals surface area contributed by atoms with E-state index in [-0.39, 0.29) is 17.4 Å². The van der Waals surface area contributed by atoms with E-state index in [0.717, 1.165) is 11.1 Å². The zero-order valence-electron chi connectivity index (χ0n) is 12.7. The maximum atomic E-state index is 12.7. The lowest BCUT2D eigenvalue weighted by atomic mass is 9.83. The maximum absolute atomic E-state index is 12.7. The van der Waals surface area contributed by atoms with Crippen LogP contribution in [0.25, 0.3) is 0 Å². The minimum absolute atomic E-state index is 0.0247. The largest absolute Gasteiger partial charge is 0.390 e. The summed E-state index contributed by atoms with van der Waals surface area (Å²) in [7, 11) is 1.77. The Morgan fingerprint density at radius 1 is 1.30 bits per heavy atom. The third-order valence-corrected chi connectivity index (χ3v) is 3.93. The number of hydrogen-bond acceptors (Lipinski definition) is 3. The van der Waals surface area contributed by atoms with Crippen LogP contribution >= 0.6 is 0 Å². The Bertz CT molecular complexity index is 493. The molecular formula is C16H24N2O2. The molecule has 0 radical (unpaired) electrons. The number of carbonyl (C=O) groups is 1. The summed E-state index contributed by atoms with van der Waals surface area (Å²) in [5.41, 5.74) is 1.68. The number of aliphatic hydroxyl groups is 1. The number of rotatable bonds is 2. The van der Waals surface area contributed by atoms with Crippen molar-refractivity contribution in [2.75, 3.05) is 20.1 Å². The fourth-order valence-corrected chi connectivity index (χ4v) is 2.71. The highest BCUT2D eigenvalue weighted by Gasteiger charge is 2.33. The molecule has 2 N–H and O–H groups in total. The summed E-state index contributed by atoms with van der Waals surface area (Å²) in [6.07, 6.45) is -0.495. The van der Waals surface area contributed by atoms with Crippen molar-refractivity contribution >= 4 is 5.91 Å². The average Bonchev–Trinajstić information content (AvgIpc) is 2.82. The Morgan fingerprint density at radius 3 is 2.50 bits per heavy atom. The van der Waals surface area contributed by atoms with Gasteiger partial charge in [-0.05, 0) is 17.0 Å². The van der Waals surface area contributed by atoms with Gasteiger partial charge in [0.25, 0.3) is 5.91 Å². The Labute approximate surface area is 120 Å². The zero-order chi connectivity index (χ0) is 14.9. The highest BCUT2D eigenvalue weighted by Crippen LogP contribution is 2.27. The minimum atomic E-state index is -0.495. The van der Waals surface area contributed by atoms with E-state index in [9.17, 15) is 9.90 Å². The van der Waals surface area contributed by atoms with Gasteiger partial charge in [0.15, 0.2) is 0 Å². The fourth-order valence-electron chi connectivity index (χ4n) is 2.71. The van der Waals surface area contributed by atoms with Gasteiger partial charge in [-0.2, -0.15) is 0 Å². The topological polar surface area (TPSA) is 52.6 Å². The number of nitrogens with one attached hydrogen (secondary N) is 1. The van der Waals surface area contributed by atoms with E-state index in [1.54, 1.807) is 11.9 Å². The van der Waals surface area contributed by atoms with Crippen molar-refractivity contribution in [2.24, 2.45) is 0 Å². The molecule has 0 aliphatic carbocycles. The molecule has 1 aromatic carbocycles. The van der Waals surface area contributed by atoms with Crippen LogP contribution in [0.1, 0.15) is 36.7 Å². The standard InChI is InChI=1S/C16H24N2O2/c1-16(2,3)12-8-6-5-7-11(12)15(20)18(4)13-9-17-10-14(13)19/h5-8,13-14,17,19H,9-10H2,1-4H3/t13-,14-/m1/s1. The molecule has 2 rings (SSSR count). The number of benzene rings is 1. The first kappa shape index (κ1) is 15.0. The van der Waals surface area contributed by atoms with Gasteiger partial charge >= 0.3 is 0 Å². The Morgan fingerprint density at radius 2 is 1.95 bits per heavy atom. The van der Waals surface area contributed by atoms with Crippen LogP contribution in [0.2, 0.25) is 0 Å². The molecule has 0 saturated carbocycles. The predicted octanol–water partition coefficient (Wildman–Crippen LogP) is 1.39. The molecule has 1 amide bonds. The van der Waals surface area contributed by atoms with Crippen molar-refractivity contribution < 1.29 is 9.90 Å². The quantitative estimate of drug-likeness (QED) is 0.858. The van der Waals surface area contributed by atoms with Crippen LogP contribution in [0.4, 0.5) is 0 Å². The molecule has 1 saturated heterocycles. The Hall–Kier alpha value is -1.39. The van der Waals surface area contributed by atoms with Gasteiger partial charge in [-0.3, -0.25) is 4.79 Å². The van der Waals surface area contributed by atoms with E-state index in [0.29, 0.717) is 13.1 Å². The second-order valence-electron chi connectivity index (χ2n) is 6.50. The molecule has 1 aliphatic rings. The highest BCUT2D eigenvalue weighted by molar-refractivity contribution is 5.96. The fraction of sp³-hybridized carbons (Fsp3) is 0.562. The molecule has 2 atom stereocenters. The van der Waals surface area contributed by atoms with E-state index >= 15 is 0 Å². The second kappa shape index (κ2) is 5.54. The van der Waals surface area contributed by atoms with Gasteiger partial charge in [-0.1, -0.05) is 39.0 Å². The van der Waals surface area contributed by atoms with Crippen LogP contribution < -0.4 is 5.32 Å². The molecule has 0 aromatic heterocycles. The molecule has 4 nitrogen and oxygen atoms in total. The normalized spacial score (nSPS) is 22.9. The van der Waals surface area contributed by atoms with Gasteiger partial charge in [-0.25, -0.2) is 0 Å². The SMILES string of the molecule is CN(C(=O)c1ccccc1C(C)(C)C)[C@@H]1CNC[C@H]1O. The number of amides is 1. The third kappa shape index (κ3) is 2.86. The lowest BCUT2D eigenvalue weighted by Crippen LogP contribution is -2.44. The minimum Gasteiger partial charge on any atom is -0.390 e. The predicted molar refractivity (Wildman–Crippen MR) is 79.9 cm³/mol. The van der Waals surface area contributed by atoms with Crippen molar-refractivity contribution in [1.82, 2.24) is 10.2 Å². The summed E-state index contributed by atoms with van der Waals surface area (Å²) in [4.78, 5) is 14.4. The van der Waals surface area contributed by atoms with E-state index < -0.39 is 6.10 Å². The lowest BCUT2D eigenvalue weighted by molar-refractivity contribution is 0.0579. The first-order valence-corrected chi connectivity index (χ1v) is 7.08. The molecule has 1 aliphatic heterocycles. The van der Waals surface area contributed by atoms with Crippen LogP contribution in [0.5, 0.6) is 0 Å². The van der Waals surface area contributed by atoms with Crippen molar-refractivity contribution in [3.8, 4) is 0 Å². The number of likely N-dealkylation sites (N-methyl/N-ethyl adjacent to an activating group) is 1. The van der Waals surface area contributed by atoms with E-state index in [4.69, 9.17) is 0 Å². The molecule has 20 heavy (non-hydrogen) atoms. The monoisotopic (exact) mass is 276 g/mol. The van der Waals surface area contributed by atoms with Gasteiger partial charge in [0, 0.05) is 25.7 Å². The summed E-state index contributed by atoms with van der Waals surface area (Å²) >= 11 is 0. The molecule has 0 unspecified atom stereocenters. The van der Waals surface area contributed by atoms with Gasteiger partial charge < -0.3 is 15.3 Å². The van der Waals surface area contributed by atoms with Gasteiger partial charge in [0.1, 0.15) is 0 Å². The van der Waals surface area contributed by atoms with Gasteiger partial charge in [0.2, 0.25) is 0 Å². The molecule has 110 valence electrons. The van der Waals surface area contributed by atoms with Crippen LogP contribution in [0, 0.1) is 0 Å². The number of carbonyl (C=O) groups excluding carboxylic acids is 1. The van der Waals surface area contributed by atoms with Crippen LogP contribution in [0.15, 0.2) is 24.3 Å². The van der Waals surface area contributed by atoms with Crippen LogP contribution in [-0.4, -0.2) is 48.2 Å². The highest BCUT2D eigenvalue weighted by atomic mass is 16.3. The maximum Gasteiger partial charge on any atom is 0.254 e. The van der Waals surface area contributed by atoms with Crippen molar-refractivity contribution in [3.05, 3.63) is 35.4 Å². The molecule has 0 spiro atoms. The lowest BCUT2D eigenvalue weighted by Gasteiger charge is -2.29. The Kier molecular flexibility index (Phi) is 4.16. The van der Waals surface area contributed by atoms with E-state index in [1.807, 2.05) is 24.3 Å². The first-order chi connectivity index (χ1) is 9.32. The summed E-state index contributed by atoms with van der Waals surface area (Å²) in [6.45, 7) is 7.49. The van der Waals surface area contributed by atoms with Crippen molar-refractivity contribution in [3.63, 3.8) is 0 Å². The summed E-state index contributed by atoms with van der Waals surface area (Å²) < 4.78 is 0. The van der Waals surface area contributed by atoms with Gasteiger partial charge in [0.05, 0.1) is 12.1 Å². The zero-order valence-corrected chi connectivity index (χ0v) is 12.7. The third-order valence-electron chi connectivity index (χ3n) is 3.93. The van der Waals surface area contributed by atoms with Crippen molar-refractivity contribution in [1.29, 1.82) is 0 Å². The second-order valence-corrected chi connectivity index (χ2v) is 6.50.